The predicted octanol–water partition coefficient (Wildman–Crippen LogP) is 3.68. The maximum Gasteiger partial charge on any atom is 0.101 e. The number of hydrogen-bond acceptors (Lipinski definition) is 3. The van der Waals surface area contributed by atoms with Crippen LogP contribution in [0.2, 0.25) is 5.02 Å². The van der Waals surface area contributed by atoms with Crippen molar-refractivity contribution in [3.8, 4) is 6.07 Å². The molecule has 2 rings (SSSR count). The summed E-state index contributed by atoms with van der Waals surface area (Å²) in [5.74, 6) is 0.387. The SMILES string of the molecule is CC(C)c1nn(C)cc1CNc1ccc(C#N)c(Cl)c1. The molecule has 4 nitrogen and oxygen atoms in total. The number of aromatic nitrogens is 2. The van der Waals surface area contributed by atoms with Gasteiger partial charge >= 0.3 is 0 Å². The smallest absolute Gasteiger partial charge is 0.101 e. The number of rotatable bonds is 4. The van der Waals surface area contributed by atoms with Gasteiger partial charge in [-0.3, -0.25) is 4.68 Å². The molecule has 0 saturated carbocycles. The molecule has 104 valence electrons. The zero-order valence-corrected chi connectivity index (χ0v) is 12.6. The first-order chi connectivity index (χ1) is 9.51. The highest BCUT2D eigenvalue weighted by molar-refractivity contribution is 6.32. The van der Waals surface area contributed by atoms with Gasteiger partial charge in [-0.05, 0) is 24.1 Å². The topological polar surface area (TPSA) is 53.6 Å². The van der Waals surface area contributed by atoms with E-state index >= 15 is 0 Å². The Kier molecular flexibility index (Phi) is 4.31. The second-order valence-corrected chi connectivity index (χ2v) is 5.44. The van der Waals surface area contributed by atoms with Gasteiger partial charge in [-0.1, -0.05) is 25.4 Å². The molecule has 1 aromatic heterocycles. The zero-order valence-electron chi connectivity index (χ0n) is 11.8. The minimum absolute atomic E-state index is 0.387. The summed E-state index contributed by atoms with van der Waals surface area (Å²) < 4.78 is 1.83. The van der Waals surface area contributed by atoms with Crippen LogP contribution in [0.15, 0.2) is 24.4 Å². The van der Waals surface area contributed by atoms with E-state index in [1.54, 1.807) is 12.1 Å². The van der Waals surface area contributed by atoms with Gasteiger partial charge in [-0.15, -0.1) is 0 Å². The first-order valence-corrected chi connectivity index (χ1v) is 6.85. The minimum atomic E-state index is 0.387. The van der Waals surface area contributed by atoms with E-state index in [2.05, 4.69) is 30.3 Å². The van der Waals surface area contributed by atoms with Gasteiger partial charge in [0.05, 0.1) is 16.3 Å². The minimum Gasteiger partial charge on any atom is -0.381 e. The summed E-state index contributed by atoms with van der Waals surface area (Å²) >= 11 is 6.02. The van der Waals surface area contributed by atoms with Crippen LogP contribution >= 0.6 is 11.6 Å². The van der Waals surface area contributed by atoms with E-state index in [0.29, 0.717) is 23.0 Å². The van der Waals surface area contributed by atoms with Crippen molar-refractivity contribution in [2.75, 3.05) is 5.32 Å². The predicted molar refractivity (Wildman–Crippen MR) is 80.8 cm³/mol. The third kappa shape index (κ3) is 3.12. The summed E-state index contributed by atoms with van der Waals surface area (Å²) in [7, 11) is 1.92. The molecule has 0 spiro atoms. The van der Waals surface area contributed by atoms with E-state index in [-0.39, 0.29) is 0 Å². The summed E-state index contributed by atoms with van der Waals surface area (Å²) in [5.41, 5.74) is 3.65. The summed E-state index contributed by atoms with van der Waals surface area (Å²) in [6.07, 6.45) is 2.02. The number of nitrogens with one attached hydrogen (secondary N) is 1. The van der Waals surface area contributed by atoms with Gasteiger partial charge in [0.2, 0.25) is 0 Å². The molecular formula is C15H17ClN4. The summed E-state index contributed by atoms with van der Waals surface area (Å²) in [6, 6.07) is 7.40. The van der Waals surface area contributed by atoms with Crippen molar-refractivity contribution >= 4 is 17.3 Å². The number of nitriles is 1. The Balaban J connectivity index is 2.13. The Morgan fingerprint density at radius 2 is 2.20 bits per heavy atom. The van der Waals surface area contributed by atoms with Gasteiger partial charge in [-0.25, -0.2) is 0 Å². The van der Waals surface area contributed by atoms with E-state index < -0.39 is 0 Å². The molecular weight excluding hydrogens is 272 g/mol. The van der Waals surface area contributed by atoms with Gasteiger partial charge in [0, 0.05) is 31.0 Å². The van der Waals surface area contributed by atoms with E-state index in [4.69, 9.17) is 16.9 Å². The molecule has 0 aliphatic heterocycles. The quantitative estimate of drug-likeness (QED) is 0.934. The second kappa shape index (κ2) is 5.98. The molecule has 0 unspecified atom stereocenters. The molecule has 0 aliphatic rings. The Hall–Kier alpha value is -1.99. The van der Waals surface area contributed by atoms with Crippen molar-refractivity contribution in [3.63, 3.8) is 0 Å². The normalized spacial score (nSPS) is 10.6. The maximum absolute atomic E-state index is 8.85. The highest BCUT2D eigenvalue weighted by Crippen LogP contribution is 2.22. The molecule has 5 heteroatoms. The second-order valence-electron chi connectivity index (χ2n) is 5.03. The lowest BCUT2D eigenvalue weighted by Gasteiger charge is -2.09. The van der Waals surface area contributed by atoms with Crippen molar-refractivity contribution in [3.05, 3.63) is 46.2 Å². The largest absolute Gasteiger partial charge is 0.381 e. The van der Waals surface area contributed by atoms with Gasteiger partial charge < -0.3 is 5.32 Å². The Bertz CT molecular complexity index is 652. The van der Waals surface area contributed by atoms with Crippen LogP contribution in [0.1, 0.15) is 36.6 Å². The van der Waals surface area contributed by atoms with Crippen molar-refractivity contribution in [1.82, 2.24) is 9.78 Å². The summed E-state index contributed by atoms with van der Waals surface area (Å²) in [6.45, 7) is 4.94. The molecule has 0 saturated heterocycles. The molecule has 0 amide bonds. The molecule has 1 heterocycles. The molecule has 2 aromatic rings. The molecule has 20 heavy (non-hydrogen) atoms. The molecule has 0 aliphatic carbocycles. The first-order valence-electron chi connectivity index (χ1n) is 6.47. The van der Waals surface area contributed by atoms with E-state index in [1.807, 2.05) is 24.0 Å². The highest BCUT2D eigenvalue weighted by Gasteiger charge is 2.11. The molecule has 0 radical (unpaired) electrons. The average Bonchev–Trinajstić information content (AvgIpc) is 2.78. The summed E-state index contributed by atoms with van der Waals surface area (Å²) in [5, 5.41) is 17.1. The monoisotopic (exact) mass is 288 g/mol. The average molecular weight is 289 g/mol. The van der Waals surface area contributed by atoms with Crippen molar-refractivity contribution in [2.24, 2.45) is 7.05 Å². The molecule has 0 fully saturated rings. The lowest BCUT2D eigenvalue weighted by Crippen LogP contribution is -2.02. The van der Waals surface area contributed by atoms with Gasteiger partial charge in [0.15, 0.2) is 0 Å². The van der Waals surface area contributed by atoms with Crippen LogP contribution in [0.3, 0.4) is 0 Å². The van der Waals surface area contributed by atoms with Gasteiger partial charge in [0.1, 0.15) is 6.07 Å². The number of hydrogen-bond donors (Lipinski definition) is 1. The van der Waals surface area contributed by atoms with Gasteiger partial charge in [0.25, 0.3) is 0 Å². The molecule has 0 atom stereocenters. The van der Waals surface area contributed by atoms with Crippen molar-refractivity contribution in [2.45, 2.75) is 26.3 Å². The third-order valence-electron chi connectivity index (χ3n) is 3.06. The van der Waals surface area contributed by atoms with Crippen LogP contribution in [0.4, 0.5) is 5.69 Å². The van der Waals surface area contributed by atoms with E-state index in [1.165, 1.54) is 5.56 Å². The highest BCUT2D eigenvalue weighted by atomic mass is 35.5. The van der Waals surface area contributed by atoms with Crippen LogP contribution in [0, 0.1) is 11.3 Å². The van der Waals surface area contributed by atoms with Crippen LogP contribution in [0.25, 0.3) is 0 Å². The first kappa shape index (κ1) is 14.4. The Labute approximate surface area is 124 Å². The number of aryl methyl sites for hydroxylation is 1. The number of benzene rings is 1. The van der Waals surface area contributed by atoms with Gasteiger partial charge in [-0.2, -0.15) is 10.4 Å². The fourth-order valence-electron chi connectivity index (χ4n) is 2.09. The van der Waals surface area contributed by atoms with Crippen molar-refractivity contribution in [1.29, 1.82) is 5.26 Å². The lowest BCUT2D eigenvalue weighted by molar-refractivity contribution is 0.712. The Morgan fingerprint density at radius 1 is 1.45 bits per heavy atom. The fourth-order valence-corrected chi connectivity index (χ4v) is 2.31. The molecule has 1 aromatic carbocycles. The fraction of sp³-hybridized carbons (Fsp3) is 0.333. The number of anilines is 1. The lowest BCUT2D eigenvalue weighted by atomic mass is 10.1. The standard InChI is InChI=1S/C15H17ClN4/c1-10(2)15-12(9-20(3)19-15)8-18-13-5-4-11(7-17)14(16)6-13/h4-6,9-10,18H,8H2,1-3H3. The van der Waals surface area contributed by atoms with Crippen LogP contribution < -0.4 is 5.32 Å². The van der Waals surface area contributed by atoms with Crippen LogP contribution in [-0.4, -0.2) is 9.78 Å². The number of halogens is 1. The van der Waals surface area contributed by atoms with Crippen molar-refractivity contribution < 1.29 is 0 Å². The van der Waals surface area contributed by atoms with Crippen LogP contribution in [-0.2, 0) is 13.6 Å². The summed E-state index contributed by atoms with van der Waals surface area (Å²) in [4.78, 5) is 0. The zero-order chi connectivity index (χ0) is 14.7. The Morgan fingerprint density at radius 3 is 2.80 bits per heavy atom. The maximum atomic E-state index is 8.85. The molecule has 1 N–H and O–H groups in total. The van der Waals surface area contributed by atoms with E-state index in [0.717, 1.165) is 11.4 Å². The van der Waals surface area contributed by atoms with E-state index in [9.17, 15) is 0 Å². The molecule has 0 bridgehead atoms. The third-order valence-corrected chi connectivity index (χ3v) is 3.37. The number of nitrogens with zero attached hydrogens (tertiary/aromatic N) is 3. The van der Waals surface area contributed by atoms with Crippen LogP contribution in [0.5, 0.6) is 0 Å².